The Labute approximate surface area is 95.5 Å². The van der Waals surface area contributed by atoms with Crippen LogP contribution in [-0.4, -0.2) is 0 Å². The first-order valence-electron chi connectivity index (χ1n) is 6.64. The van der Waals surface area contributed by atoms with Crippen molar-refractivity contribution < 1.29 is 0 Å². The van der Waals surface area contributed by atoms with Crippen molar-refractivity contribution in [2.45, 2.75) is 65.7 Å². The molecule has 1 aliphatic rings. The van der Waals surface area contributed by atoms with Crippen LogP contribution in [0.25, 0.3) is 0 Å². The van der Waals surface area contributed by atoms with E-state index in [0.717, 1.165) is 5.92 Å². The molecule has 0 radical (unpaired) electrons. The van der Waals surface area contributed by atoms with E-state index in [2.05, 4.69) is 32.9 Å². The van der Waals surface area contributed by atoms with Gasteiger partial charge in [-0.2, -0.15) is 0 Å². The second-order valence-corrected chi connectivity index (χ2v) is 4.80. The molecule has 0 aromatic carbocycles. The SMILES string of the molecule is C/C=C\C(CCCC)=C1\CCCCC1C. The van der Waals surface area contributed by atoms with E-state index in [9.17, 15) is 0 Å². The van der Waals surface area contributed by atoms with Crippen molar-refractivity contribution in [2.24, 2.45) is 5.92 Å². The highest BCUT2D eigenvalue weighted by Gasteiger charge is 2.16. The molecule has 0 bridgehead atoms. The molecule has 1 aliphatic carbocycles. The average Bonchev–Trinajstić information content (AvgIpc) is 2.25. The standard InChI is InChI=1S/C15H26/c1-4-6-11-14(9-5-2)15-12-8-7-10-13(15)3/h5,9,13H,4,6-8,10-12H2,1-3H3/b9-5-,15-14+. The molecule has 0 heteroatoms. The Hall–Kier alpha value is -0.520. The third kappa shape index (κ3) is 3.85. The third-order valence-corrected chi connectivity index (χ3v) is 3.51. The molecular formula is C15H26. The number of hydrogen-bond acceptors (Lipinski definition) is 0. The van der Waals surface area contributed by atoms with Crippen LogP contribution < -0.4 is 0 Å². The maximum atomic E-state index is 2.41. The van der Waals surface area contributed by atoms with Crippen molar-refractivity contribution in [1.29, 1.82) is 0 Å². The van der Waals surface area contributed by atoms with E-state index in [1.165, 1.54) is 44.9 Å². The van der Waals surface area contributed by atoms with E-state index in [1.54, 1.807) is 11.1 Å². The van der Waals surface area contributed by atoms with E-state index in [4.69, 9.17) is 0 Å². The predicted octanol–water partition coefficient (Wildman–Crippen LogP) is 5.26. The smallest absolute Gasteiger partial charge is 0.0226 e. The van der Waals surface area contributed by atoms with Gasteiger partial charge in [0.05, 0.1) is 0 Å². The highest BCUT2D eigenvalue weighted by Crippen LogP contribution is 2.33. The molecule has 1 rings (SSSR count). The lowest BCUT2D eigenvalue weighted by Crippen LogP contribution is -2.08. The van der Waals surface area contributed by atoms with E-state index in [0.29, 0.717) is 0 Å². The third-order valence-electron chi connectivity index (χ3n) is 3.51. The van der Waals surface area contributed by atoms with Gasteiger partial charge < -0.3 is 0 Å². The lowest BCUT2D eigenvalue weighted by atomic mass is 9.81. The molecule has 0 saturated heterocycles. The summed E-state index contributed by atoms with van der Waals surface area (Å²) in [7, 11) is 0. The van der Waals surface area contributed by atoms with Crippen LogP contribution in [0.3, 0.4) is 0 Å². The first-order valence-corrected chi connectivity index (χ1v) is 6.64. The Morgan fingerprint density at radius 3 is 2.80 bits per heavy atom. The topological polar surface area (TPSA) is 0 Å². The van der Waals surface area contributed by atoms with E-state index in [1.807, 2.05) is 0 Å². The van der Waals surface area contributed by atoms with Gasteiger partial charge in [-0.15, -0.1) is 0 Å². The van der Waals surface area contributed by atoms with Crippen LogP contribution in [0.1, 0.15) is 65.7 Å². The Kier molecular flexibility index (Phi) is 5.75. The Morgan fingerprint density at radius 2 is 2.20 bits per heavy atom. The average molecular weight is 206 g/mol. The van der Waals surface area contributed by atoms with Gasteiger partial charge in [-0.1, -0.05) is 44.4 Å². The first kappa shape index (κ1) is 12.5. The van der Waals surface area contributed by atoms with Crippen molar-refractivity contribution in [3.05, 3.63) is 23.3 Å². The molecule has 0 N–H and O–H groups in total. The van der Waals surface area contributed by atoms with Crippen molar-refractivity contribution in [3.63, 3.8) is 0 Å². The lowest BCUT2D eigenvalue weighted by Gasteiger charge is -2.24. The van der Waals surface area contributed by atoms with Crippen LogP contribution in [0.2, 0.25) is 0 Å². The van der Waals surface area contributed by atoms with Crippen molar-refractivity contribution in [3.8, 4) is 0 Å². The molecule has 1 saturated carbocycles. The number of hydrogen-bond donors (Lipinski definition) is 0. The summed E-state index contributed by atoms with van der Waals surface area (Å²) in [5.74, 6) is 0.835. The van der Waals surface area contributed by atoms with Gasteiger partial charge in [-0.05, 0) is 50.5 Å². The fourth-order valence-corrected chi connectivity index (χ4v) is 2.58. The molecule has 0 nitrogen and oxygen atoms in total. The fraction of sp³-hybridized carbons (Fsp3) is 0.733. The molecular weight excluding hydrogens is 180 g/mol. The Balaban J connectivity index is 2.76. The molecule has 0 aromatic rings. The summed E-state index contributed by atoms with van der Waals surface area (Å²) in [5, 5.41) is 0. The van der Waals surface area contributed by atoms with Crippen LogP contribution >= 0.6 is 0 Å². The maximum absolute atomic E-state index is 2.41. The van der Waals surface area contributed by atoms with Crippen LogP contribution in [0.15, 0.2) is 23.3 Å². The summed E-state index contributed by atoms with van der Waals surface area (Å²) >= 11 is 0. The summed E-state index contributed by atoms with van der Waals surface area (Å²) in [6, 6.07) is 0. The van der Waals surface area contributed by atoms with Gasteiger partial charge in [0, 0.05) is 0 Å². The monoisotopic (exact) mass is 206 g/mol. The summed E-state index contributed by atoms with van der Waals surface area (Å²) in [6.45, 7) is 6.83. The molecule has 0 aliphatic heterocycles. The van der Waals surface area contributed by atoms with Gasteiger partial charge in [0.1, 0.15) is 0 Å². The van der Waals surface area contributed by atoms with Crippen molar-refractivity contribution in [1.82, 2.24) is 0 Å². The molecule has 1 fully saturated rings. The summed E-state index contributed by atoms with van der Waals surface area (Å²) in [4.78, 5) is 0. The molecule has 0 aromatic heterocycles. The Bertz CT molecular complexity index is 232. The molecule has 1 unspecified atom stereocenters. The first-order chi connectivity index (χ1) is 7.29. The Morgan fingerprint density at radius 1 is 1.40 bits per heavy atom. The van der Waals surface area contributed by atoms with Gasteiger partial charge in [-0.25, -0.2) is 0 Å². The normalized spacial score (nSPS) is 25.9. The minimum absolute atomic E-state index is 0.835. The quantitative estimate of drug-likeness (QED) is 0.588. The minimum atomic E-state index is 0.835. The van der Waals surface area contributed by atoms with Gasteiger partial charge in [0.2, 0.25) is 0 Å². The highest BCUT2D eigenvalue weighted by molar-refractivity contribution is 5.28. The molecule has 0 amide bonds. The van der Waals surface area contributed by atoms with E-state index in [-0.39, 0.29) is 0 Å². The van der Waals surface area contributed by atoms with Crippen LogP contribution in [0.4, 0.5) is 0 Å². The summed E-state index contributed by atoms with van der Waals surface area (Å²) in [6.07, 6.45) is 14.1. The molecule has 0 heterocycles. The van der Waals surface area contributed by atoms with Gasteiger partial charge in [0.25, 0.3) is 0 Å². The number of unbranched alkanes of at least 4 members (excludes halogenated alkanes) is 1. The number of rotatable bonds is 4. The fourth-order valence-electron chi connectivity index (χ4n) is 2.58. The van der Waals surface area contributed by atoms with Gasteiger partial charge >= 0.3 is 0 Å². The zero-order valence-corrected chi connectivity index (χ0v) is 10.7. The molecule has 0 spiro atoms. The second kappa shape index (κ2) is 6.87. The van der Waals surface area contributed by atoms with E-state index >= 15 is 0 Å². The van der Waals surface area contributed by atoms with Crippen molar-refractivity contribution >= 4 is 0 Å². The zero-order chi connectivity index (χ0) is 11.1. The van der Waals surface area contributed by atoms with Gasteiger partial charge in [0.15, 0.2) is 0 Å². The van der Waals surface area contributed by atoms with Gasteiger partial charge in [-0.3, -0.25) is 0 Å². The zero-order valence-electron chi connectivity index (χ0n) is 10.7. The maximum Gasteiger partial charge on any atom is -0.0226 e. The summed E-state index contributed by atoms with van der Waals surface area (Å²) < 4.78 is 0. The van der Waals surface area contributed by atoms with E-state index < -0.39 is 0 Å². The minimum Gasteiger partial charge on any atom is -0.0874 e. The van der Waals surface area contributed by atoms with Crippen LogP contribution in [-0.2, 0) is 0 Å². The number of allylic oxidation sites excluding steroid dienone is 4. The lowest BCUT2D eigenvalue weighted by molar-refractivity contribution is 0.477. The highest BCUT2D eigenvalue weighted by atomic mass is 14.2. The largest absolute Gasteiger partial charge is 0.0874 e. The second-order valence-electron chi connectivity index (χ2n) is 4.80. The van der Waals surface area contributed by atoms with Crippen molar-refractivity contribution in [2.75, 3.05) is 0 Å². The summed E-state index contributed by atoms with van der Waals surface area (Å²) in [5.41, 5.74) is 3.40. The molecule has 15 heavy (non-hydrogen) atoms. The predicted molar refractivity (Wildman–Crippen MR) is 69.0 cm³/mol. The molecule has 1 atom stereocenters. The van der Waals surface area contributed by atoms with Crippen LogP contribution in [0.5, 0.6) is 0 Å². The van der Waals surface area contributed by atoms with Crippen LogP contribution in [0, 0.1) is 5.92 Å². The molecule has 86 valence electrons.